The van der Waals surface area contributed by atoms with Gasteiger partial charge >= 0.3 is 6.36 Å². The van der Waals surface area contributed by atoms with Crippen molar-refractivity contribution in [3.63, 3.8) is 0 Å². The second-order valence-electron chi connectivity index (χ2n) is 7.18. The summed E-state index contributed by atoms with van der Waals surface area (Å²) in [6, 6.07) is 14.1. The Labute approximate surface area is 172 Å². The predicted octanol–water partition coefficient (Wildman–Crippen LogP) is 3.59. The second-order valence-corrected chi connectivity index (χ2v) is 9.16. The minimum atomic E-state index is -4.80. The van der Waals surface area contributed by atoms with E-state index in [1.54, 1.807) is 0 Å². The zero-order valence-corrected chi connectivity index (χ0v) is 16.9. The predicted molar refractivity (Wildman–Crippen MR) is 105 cm³/mol. The van der Waals surface area contributed by atoms with Crippen LogP contribution >= 0.6 is 0 Å². The largest absolute Gasteiger partial charge is 0.573 e. The summed E-state index contributed by atoms with van der Waals surface area (Å²) in [7, 11) is -3.50. The Morgan fingerprint density at radius 3 is 2.27 bits per heavy atom. The Hall–Kier alpha value is -2.59. The Morgan fingerprint density at radius 2 is 1.70 bits per heavy atom. The molecule has 0 aliphatic carbocycles. The van der Waals surface area contributed by atoms with Gasteiger partial charge in [0.15, 0.2) is 0 Å². The fraction of sp³-hybridized carbons (Fsp3) is 0.350. The molecule has 0 saturated carbocycles. The first-order valence-electron chi connectivity index (χ1n) is 9.18. The Morgan fingerprint density at radius 1 is 1.07 bits per heavy atom. The molecule has 0 spiro atoms. The fourth-order valence-corrected chi connectivity index (χ4v) is 4.37. The van der Waals surface area contributed by atoms with Crippen molar-refractivity contribution in [3.05, 3.63) is 60.2 Å². The molecule has 1 saturated heterocycles. The molecule has 10 heteroatoms. The molecular weight excluding hydrogens is 421 g/mol. The molecule has 0 radical (unpaired) electrons. The summed E-state index contributed by atoms with van der Waals surface area (Å²) in [4.78, 5) is 12.8. The number of alkyl halides is 3. The summed E-state index contributed by atoms with van der Waals surface area (Å²) >= 11 is 0. The molecule has 2 aromatic rings. The number of amides is 1. The number of hydrogen-bond donors (Lipinski definition) is 1. The first-order chi connectivity index (χ1) is 14.0. The molecule has 0 unspecified atom stereocenters. The van der Waals surface area contributed by atoms with Crippen molar-refractivity contribution in [2.75, 3.05) is 24.7 Å². The number of carbonyl (C=O) groups is 1. The van der Waals surface area contributed by atoms with Crippen LogP contribution in [0.2, 0.25) is 0 Å². The summed E-state index contributed by atoms with van der Waals surface area (Å²) < 4.78 is 66.1. The molecule has 2 aromatic carbocycles. The lowest BCUT2D eigenvalue weighted by molar-refractivity contribution is -0.274. The van der Waals surface area contributed by atoms with E-state index in [1.165, 1.54) is 16.4 Å². The number of sulfonamides is 1. The van der Waals surface area contributed by atoms with E-state index in [1.807, 2.05) is 30.3 Å². The molecule has 2 atom stereocenters. The van der Waals surface area contributed by atoms with Crippen molar-refractivity contribution < 1.29 is 31.1 Å². The molecule has 1 aliphatic heterocycles. The number of rotatable bonds is 5. The molecule has 3 rings (SSSR count). The average Bonchev–Trinajstić information content (AvgIpc) is 2.68. The molecule has 1 amide bonds. The van der Waals surface area contributed by atoms with E-state index in [4.69, 9.17) is 0 Å². The third kappa shape index (κ3) is 5.96. The molecule has 30 heavy (non-hydrogen) atoms. The van der Waals surface area contributed by atoms with E-state index in [2.05, 4.69) is 10.1 Å². The normalized spacial score (nSPS) is 20.5. The third-order valence-electron chi connectivity index (χ3n) is 4.88. The van der Waals surface area contributed by atoms with E-state index in [0.717, 1.165) is 24.0 Å². The Bertz CT molecular complexity index is 979. The van der Waals surface area contributed by atoms with Gasteiger partial charge in [0.25, 0.3) is 0 Å². The summed E-state index contributed by atoms with van der Waals surface area (Å²) in [5.74, 6) is -1.54. The van der Waals surface area contributed by atoms with Crippen LogP contribution in [0.4, 0.5) is 18.9 Å². The molecule has 1 aliphatic rings. The highest BCUT2D eigenvalue weighted by molar-refractivity contribution is 7.88. The topological polar surface area (TPSA) is 75.7 Å². The maximum atomic E-state index is 12.8. The lowest BCUT2D eigenvalue weighted by atomic mass is 9.85. The maximum Gasteiger partial charge on any atom is 0.573 e. The van der Waals surface area contributed by atoms with E-state index >= 15 is 0 Å². The quantitative estimate of drug-likeness (QED) is 0.768. The number of hydrogen-bond acceptors (Lipinski definition) is 4. The number of benzene rings is 2. The summed E-state index contributed by atoms with van der Waals surface area (Å²) in [5.41, 5.74) is 1.24. The molecule has 1 fully saturated rings. The summed E-state index contributed by atoms with van der Waals surface area (Å²) in [6.07, 6.45) is -3.24. The van der Waals surface area contributed by atoms with Crippen LogP contribution in [0, 0.1) is 5.92 Å². The van der Waals surface area contributed by atoms with Gasteiger partial charge in [0.1, 0.15) is 5.75 Å². The van der Waals surface area contributed by atoms with Gasteiger partial charge in [-0.2, -0.15) is 0 Å². The van der Waals surface area contributed by atoms with Crippen LogP contribution < -0.4 is 10.1 Å². The van der Waals surface area contributed by atoms with Crippen LogP contribution in [0.25, 0.3) is 0 Å². The molecule has 162 valence electrons. The minimum absolute atomic E-state index is 0.0449. The number of carbonyl (C=O) groups excluding carboxylic acids is 1. The SMILES string of the molecule is CS(=O)(=O)N1C[C@@H](C(=O)Nc2ccc(OC(F)(F)F)cc2)C[C@H](c2ccccc2)C1. The van der Waals surface area contributed by atoms with E-state index in [9.17, 15) is 26.4 Å². The lowest BCUT2D eigenvalue weighted by Gasteiger charge is -2.36. The molecule has 1 N–H and O–H groups in total. The van der Waals surface area contributed by atoms with Crippen molar-refractivity contribution in [1.82, 2.24) is 4.31 Å². The van der Waals surface area contributed by atoms with Crippen LogP contribution in [0.1, 0.15) is 17.9 Å². The highest BCUT2D eigenvalue weighted by Gasteiger charge is 2.36. The van der Waals surface area contributed by atoms with Crippen molar-refractivity contribution in [1.29, 1.82) is 0 Å². The Kier molecular flexibility index (Phi) is 6.37. The zero-order valence-electron chi connectivity index (χ0n) is 16.1. The molecule has 0 aromatic heterocycles. The number of halogens is 3. The van der Waals surface area contributed by atoms with Crippen molar-refractivity contribution in [2.45, 2.75) is 18.7 Å². The molecular formula is C20H21F3N2O4S. The van der Waals surface area contributed by atoms with Crippen molar-refractivity contribution >= 4 is 21.6 Å². The van der Waals surface area contributed by atoms with Crippen LogP contribution in [-0.2, 0) is 14.8 Å². The van der Waals surface area contributed by atoms with Crippen molar-refractivity contribution in [3.8, 4) is 5.75 Å². The van der Waals surface area contributed by atoms with Gasteiger partial charge in [0, 0.05) is 18.8 Å². The summed E-state index contributed by atoms with van der Waals surface area (Å²) in [5, 5.41) is 2.65. The number of piperidine rings is 1. The molecule has 0 bridgehead atoms. The van der Waals surface area contributed by atoms with E-state index in [0.29, 0.717) is 12.1 Å². The molecule has 6 nitrogen and oxygen atoms in total. The van der Waals surface area contributed by atoms with Gasteiger partial charge in [0.2, 0.25) is 15.9 Å². The number of ether oxygens (including phenoxy) is 1. The zero-order chi connectivity index (χ0) is 21.9. The van der Waals surface area contributed by atoms with Crippen LogP contribution in [0.15, 0.2) is 54.6 Å². The maximum absolute atomic E-state index is 12.8. The smallest absolute Gasteiger partial charge is 0.406 e. The van der Waals surface area contributed by atoms with E-state index < -0.39 is 34.0 Å². The monoisotopic (exact) mass is 442 g/mol. The van der Waals surface area contributed by atoms with Crippen molar-refractivity contribution in [2.24, 2.45) is 5.92 Å². The van der Waals surface area contributed by atoms with Gasteiger partial charge in [-0.1, -0.05) is 30.3 Å². The molecule has 1 heterocycles. The summed E-state index contributed by atoms with van der Waals surface area (Å²) in [6.45, 7) is 0.333. The highest BCUT2D eigenvalue weighted by Crippen LogP contribution is 2.32. The second kappa shape index (κ2) is 8.65. The van der Waals surface area contributed by atoms with Crippen LogP contribution in [0.3, 0.4) is 0 Å². The van der Waals surface area contributed by atoms with Gasteiger partial charge in [-0.15, -0.1) is 13.2 Å². The van der Waals surface area contributed by atoms with Gasteiger partial charge < -0.3 is 10.1 Å². The van der Waals surface area contributed by atoms with Gasteiger partial charge in [0.05, 0.1) is 12.2 Å². The fourth-order valence-electron chi connectivity index (χ4n) is 3.47. The van der Waals surface area contributed by atoms with E-state index in [-0.39, 0.29) is 19.0 Å². The first-order valence-corrected chi connectivity index (χ1v) is 11.0. The minimum Gasteiger partial charge on any atom is -0.406 e. The van der Waals surface area contributed by atoms with Gasteiger partial charge in [-0.25, -0.2) is 12.7 Å². The number of nitrogens with one attached hydrogen (secondary N) is 1. The highest BCUT2D eigenvalue weighted by atomic mass is 32.2. The van der Waals surface area contributed by atoms with Gasteiger partial charge in [-0.3, -0.25) is 4.79 Å². The van der Waals surface area contributed by atoms with Gasteiger partial charge in [-0.05, 0) is 42.2 Å². The van der Waals surface area contributed by atoms with Crippen LogP contribution in [-0.4, -0.2) is 44.3 Å². The average molecular weight is 442 g/mol. The number of nitrogens with zero attached hydrogens (tertiary/aromatic N) is 1. The standard InChI is InChI=1S/C20H21F3N2O4S/c1-30(27,28)25-12-15(14-5-3-2-4-6-14)11-16(13-25)19(26)24-17-7-9-18(10-8-17)29-20(21,22)23/h2-10,15-16H,11-13H2,1H3,(H,24,26)/t15-,16-/m0/s1. The Balaban J connectivity index is 1.73. The number of anilines is 1. The third-order valence-corrected chi connectivity index (χ3v) is 6.12. The van der Waals surface area contributed by atoms with Crippen LogP contribution in [0.5, 0.6) is 5.75 Å². The first kappa shape index (κ1) is 22.1. The lowest BCUT2D eigenvalue weighted by Crippen LogP contribution is -2.46.